The van der Waals surface area contributed by atoms with E-state index in [1.54, 1.807) is 6.20 Å². The van der Waals surface area contributed by atoms with Crippen LogP contribution in [0, 0.1) is 23.2 Å². The number of pyridine rings is 1. The largest absolute Gasteiger partial charge is 0.489 e. The number of carbonyl (C=O) groups excluding carboxylic acids is 2. The van der Waals surface area contributed by atoms with Crippen LogP contribution in [0.1, 0.15) is 70.8 Å². The van der Waals surface area contributed by atoms with E-state index in [1.165, 1.54) is 0 Å². The lowest BCUT2D eigenvalue weighted by Crippen LogP contribution is -2.65. The molecule has 0 radical (unpaired) electrons. The number of aromatic nitrogens is 1. The summed E-state index contributed by atoms with van der Waals surface area (Å²) in [6, 6.07) is 18.8. The molecule has 252 valence electrons. The van der Waals surface area contributed by atoms with E-state index in [4.69, 9.17) is 18.9 Å². The maximum absolute atomic E-state index is 14.4. The van der Waals surface area contributed by atoms with Gasteiger partial charge in [0.25, 0.3) is 17.4 Å². The maximum Gasteiger partial charge on any atom is 0.481 e. The molecule has 8 rings (SSSR count). The molecule has 5 aliphatic rings. The first kappa shape index (κ1) is 32.6. The van der Waals surface area contributed by atoms with Gasteiger partial charge in [0.1, 0.15) is 18.1 Å². The summed E-state index contributed by atoms with van der Waals surface area (Å²) in [5.74, 6) is 0.818. The fourth-order valence-electron chi connectivity index (χ4n) is 8.31. The zero-order valence-corrected chi connectivity index (χ0v) is 28.4. The molecule has 2 N–H and O–H groups in total. The lowest BCUT2D eigenvalue weighted by atomic mass is 9.43. The zero-order valence-electron chi connectivity index (χ0n) is 28.4. The number of amides is 2. The molecule has 11 heteroatoms. The minimum absolute atomic E-state index is 0.00119. The number of ether oxygens (including phenoxy) is 1. The van der Waals surface area contributed by atoms with Crippen molar-refractivity contribution in [2.45, 2.75) is 83.5 Å². The summed E-state index contributed by atoms with van der Waals surface area (Å²) >= 11 is 0. The number of nitrogens with one attached hydrogen (secondary N) is 2. The number of nitrogens with zero attached hydrogens (tertiary/aromatic N) is 2. The molecule has 3 aliphatic carbocycles. The van der Waals surface area contributed by atoms with Crippen LogP contribution in [0.15, 0.2) is 72.0 Å². The van der Waals surface area contributed by atoms with E-state index in [0.29, 0.717) is 35.4 Å². The second kappa shape index (κ2) is 12.5. The minimum Gasteiger partial charge on any atom is -0.489 e. The van der Waals surface area contributed by atoms with Crippen molar-refractivity contribution in [3.63, 3.8) is 0 Å². The maximum atomic E-state index is 14.4. The van der Waals surface area contributed by atoms with Crippen LogP contribution in [-0.2, 0) is 18.9 Å². The van der Waals surface area contributed by atoms with Crippen molar-refractivity contribution >= 4 is 35.4 Å². The van der Waals surface area contributed by atoms with Crippen LogP contribution in [0.3, 0.4) is 0 Å². The van der Waals surface area contributed by atoms with Gasteiger partial charge in [-0.1, -0.05) is 75.3 Å². The van der Waals surface area contributed by atoms with Crippen molar-refractivity contribution in [2.24, 2.45) is 28.3 Å². The third kappa shape index (κ3) is 5.85. The average Bonchev–Trinajstić information content (AvgIpc) is 3.67. The Labute approximate surface area is 282 Å². The average molecular weight is 653 g/mol. The van der Waals surface area contributed by atoms with E-state index >= 15 is 0 Å². The van der Waals surface area contributed by atoms with E-state index in [2.05, 4.69) is 55.4 Å². The lowest BCUT2D eigenvalue weighted by Gasteiger charge is -2.64. The predicted octanol–water partition coefficient (Wildman–Crippen LogP) is 5.36. The molecule has 2 bridgehead atoms. The van der Waals surface area contributed by atoms with Crippen molar-refractivity contribution in [3.8, 4) is 5.75 Å². The van der Waals surface area contributed by atoms with E-state index in [1.807, 2.05) is 60.7 Å². The van der Waals surface area contributed by atoms with Gasteiger partial charge in [-0.3, -0.25) is 14.6 Å². The SMILES string of the molecule is CC(C)C[C@H](NC(=O)C1(COc2ccccc2)CC(CNC(=O)c2nccc3ccccc23)=NO1)B1O[C@@H]2C[C@@H]3C[C@@H](C3(C)C)[C@]2(C)O1. The molecule has 1 saturated heterocycles. The van der Waals surface area contributed by atoms with Crippen LogP contribution >= 0.6 is 0 Å². The number of hydrogen-bond acceptors (Lipinski definition) is 8. The molecule has 2 aliphatic heterocycles. The summed E-state index contributed by atoms with van der Waals surface area (Å²) in [7, 11) is -0.581. The third-order valence-electron chi connectivity index (χ3n) is 11.1. The predicted molar refractivity (Wildman–Crippen MR) is 183 cm³/mol. The van der Waals surface area contributed by atoms with Crippen LogP contribution in [0.5, 0.6) is 5.75 Å². The van der Waals surface area contributed by atoms with Crippen LogP contribution in [0.25, 0.3) is 10.8 Å². The Morgan fingerprint density at radius 1 is 1.04 bits per heavy atom. The minimum atomic E-state index is -1.46. The molecule has 48 heavy (non-hydrogen) atoms. The number of benzene rings is 2. The van der Waals surface area contributed by atoms with Crippen molar-refractivity contribution in [3.05, 3.63) is 72.6 Å². The molecule has 2 amide bonds. The molecule has 0 spiro atoms. The van der Waals surface area contributed by atoms with E-state index < -0.39 is 24.3 Å². The van der Waals surface area contributed by atoms with Gasteiger partial charge in [0.15, 0.2) is 0 Å². The van der Waals surface area contributed by atoms with E-state index in [-0.39, 0.29) is 48.8 Å². The number of fused-ring (bicyclic) bond motifs is 1. The lowest BCUT2D eigenvalue weighted by molar-refractivity contribution is -0.199. The van der Waals surface area contributed by atoms with E-state index in [9.17, 15) is 9.59 Å². The molecule has 1 unspecified atom stereocenters. The second-order valence-electron chi connectivity index (χ2n) is 15.1. The van der Waals surface area contributed by atoms with Gasteiger partial charge in [-0.15, -0.1) is 0 Å². The van der Waals surface area contributed by atoms with Crippen LogP contribution < -0.4 is 15.4 Å². The first-order valence-corrected chi connectivity index (χ1v) is 17.2. The monoisotopic (exact) mass is 652 g/mol. The Kier molecular flexibility index (Phi) is 8.48. The van der Waals surface area contributed by atoms with Crippen molar-refractivity contribution in [2.75, 3.05) is 13.2 Å². The first-order valence-electron chi connectivity index (χ1n) is 17.2. The summed E-state index contributed by atoms with van der Waals surface area (Å²) < 4.78 is 19.5. The van der Waals surface area contributed by atoms with Gasteiger partial charge in [-0.25, -0.2) is 0 Å². The van der Waals surface area contributed by atoms with E-state index in [0.717, 1.165) is 23.6 Å². The van der Waals surface area contributed by atoms with Crippen LogP contribution in [0.4, 0.5) is 0 Å². The fourth-order valence-corrected chi connectivity index (χ4v) is 8.31. The molecular formula is C37H45BN4O6. The van der Waals surface area contributed by atoms with Crippen molar-refractivity contribution in [1.82, 2.24) is 15.6 Å². The summed E-state index contributed by atoms with van der Waals surface area (Å²) in [5, 5.41) is 12.1. The standard InChI is InChI=1S/C37H45BN4O6/c1-23(2)17-31(38-46-30-19-25-18-29(35(25,3)4)36(30,5)47-38)41-34(44)37(22-45-27-12-7-6-8-13-27)20-26(42-48-37)21-40-33(43)32-28-14-10-9-11-24(28)15-16-39-32/h6-16,23,25,29-31H,17-22H2,1-5H3,(H,40,43)(H,41,44)/t25-,29-,30+,31-,36-,37?/m0/s1. The topological polar surface area (TPSA) is 120 Å². The number of rotatable bonds is 11. The highest BCUT2D eigenvalue weighted by Gasteiger charge is 2.68. The van der Waals surface area contributed by atoms with Gasteiger partial charge in [0.2, 0.25) is 0 Å². The van der Waals surface area contributed by atoms with Crippen molar-refractivity contribution < 1.29 is 28.5 Å². The highest BCUT2D eigenvalue weighted by Crippen LogP contribution is 2.65. The highest BCUT2D eigenvalue weighted by atomic mass is 16.7. The summed E-state index contributed by atoms with van der Waals surface area (Å²) in [4.78, 5) is 37.9. The molecule has 4 fully saturated rings. The highest BCUT2D eigenvalue weighted by molar-refractivity contribution is 6.48. The Morgan fingerprint density at radius 2 is 1.81 bits per heavy atom. The normalized spacial score (nSPS) is 29.0. The van der Waals surface area contributed by atoms with Gasteiger partial charge in [-0.2, -0.15) is 0 Å². The number of para-hydroxylation sites is 1. The third-order valence-corrected chi connectivity index (χ3v) is 11.1. The number of carbonyl (C=O) groups is 2. The molecule has 3 saturated carbocycles. The van der Waals surface area contributed by atoms with Gasteiger partial charge in [0, 0.05) is 18.0 Å². The smallest absolute Gasteiger partial charge is 0.481 e. The molecular weight excluding hydrogens is 607 g/mol. The van der Waals surface area contributed by atoms with Crippen LogP contribution in [-0.4, -0.2) is 66.0 Å². The second-order valence-corrected chi connectivity index (χ2v) is 15.1. The number of hydrogen-bond donors (Lipinski definition) is 2. The molecule has 3 heterocycles. The quantitative estimate of drug-likeness (QED) is 0.268. The molecule has 10 nitrogen and oxygen atoms in total. The van der Waals surface area contributed by atoms with Gasteiger partial charge < -0.3 is 29.5 Å². The van der Waals surface area contributed by atoms with Crippen LogP contribution in [0.2, 0.25) is 0 Å². The number of oxime groups is 1. The summed E-state index contributed by atoms with van der Waals surface area (Å²) in [6.45, 7) is 11.1. The Balaban J connectivity index is 1.07. The Morgan fingerprint density at radius 3 is 2.58 bits per heavy atom. The summed E-state index contributed by atoms with van der Waals surface area (Å²) in [6.07, 6.45) is 4.53. The van der Waals surface area contributed by atoms with Crippen molar-refractivity contribution in [1.29, 1.82) is 0 Å². The van der Waals surface area contributed by atoms with Gasteiger partial charge in [0.05, 0.1) is 29.9 Å². The molecule has 3 aromatic rings. The molecule has 1 aromatic heterocycles. The van der Waals surface area contributed by atoms with Gasteiger partial charge >= 0.3 is 7.12 Å². The molecule has 2 aromatic carbocycles. The Bertz CT molecular complexity index is 1710. The molecule has 6 atom stereocenters. The zero-order chi connectivity index (χ0) is 33.7. The summed E-state index contributed by atoms with van der Waals surface area (Å²) in [5.41, 5.74) is -0.795. The Hall–Kier alpha value is -3.96. The van der Waals surface area contributed by atoms with Gasteiger partial charge in [-0.05, 0) is 72.9 Å². The first-order chi connectivity index (χ1) is 23.0. The fraction of sp³-hybridized carbons (Fsp3) is 0.514.